The third kappa shape index (κ3) is 2.51. The zero-order chi connectivity index (χ0) is 9.68. The van der Waals surface area contributed by atoms with Crippen LogP contribution in [0.4, 0.5) is 4.39 Å². The summed E-state index contributed by atoms with van der Waals surface area (Å²) in [7, 11) is 0. The first-order valence-corrected chi connectivity index (χ1v) is 4.21. The number of allylic oxidation sites excluding steroid dienone is 2. The summed E-state index contributed by atoms with van der Waals surface area (Å²) in [5.41, 5.74) is 0.393. The van der Waals surface area contributed by atoms with E-state index >= 15 is 0 Å². The molecule has 0 spiro atoms. The molecule has 13 heavy (non-hydrogen) atoms. The summed E-state index contributed by atoms with van der Waals surface area (Å²) >= 11 is 0. The van der Waals surface area contributed by atoms with Crippen molar-refractivity contribution in [3.8, 4) is 0 Å². The summed E-state index contributed by atoms with van der Waals surface area (Å²) < 4.78 is 13.0. The van der Waals surface area contributed by atoms with Crippen molar-refractivity contribution in [2.24, 2.45) is 0 Å². The van der Waals surface area contributed by atoms with Gasteiger partial charge in [0.25, 0.3) is 0 Å². The van der Waals surface area contributed by atoms with Crippen molar-refractivity contribution in [1.29, 1.82) is 0 Å². The van der Waals surface area contributed by atoms with Crippen molar-refractivity contribution < 1.29 is 9.18 Å². The number of benzene rings is 1. The number of hydrogen-bond acceptors (Lipinski definition) is 1. The normalized spacial score (nSPS) is 11.4. The molecule has 1 nitrogen and oxygen atoms in total. The van der Waals surface area contributed by atoms with E-state index in [-0.39, 0.29) is 0 Å². The minimum Gasteiger partial charge on any atom is -0.286 e. The topological polar surface area (TPSA) is 17.1 Å². The molecule has 0 amide bonds. The summed E-state index contributed by atoms with van der Waals surface area (Å²) in [5.74, 6) is -1.21. The van der Waals surface area contributed by atoms with Gasteiger partial charge in [-0.1, -0.05) is 37.3 Å². The quantitative estimate of drug-likeness (QED) is 0.513. The first kappa shape index (κ1) is 9.65. The fourth-order valence-corrected chi connectivity index (χ4v) is 0.999. The highest BCUT2D eigenvalue weighted by molar-refractivity contribution is 6.07. The first-order chi connectivity index (χ1) is 6.25. The lowest BCUT2D eigenvalue weighted by Crippen LogP contribution is -1.98. The van der Waals surface area contributed by atoms with Crippen molar-refractivity contribution in [1.82, 2.24) is 0 Å². The van der Waals surface area contributed by atoms with E-state index in [4.69, 9.17) is 0 Å². The maximum atomic E-state index is 13.0. The standard InChI is InChI=1S/C11H11FO/c1-2-6-10(12)11(13)9-7-4-3-5-8-9/h3-8H,2H2,1H3/b10-6-. The summed E-state index contributed by atoms with van der Waals surface area (Å²) in [5, 5.41) is 0. The van der Waals surface area contributed by atoms with Crippen LogP contribution < -0.4 is 0 Å². The fourth-order valence-electron chi connectivity index (χ4n) is 0.999. The predicted octanol–water partition coefficient (Wildman–Crippen LogP) is 3.13. The van der Waals surface area contributed by atoms with Crippen LogP contribution in [-0.4, -0.2) is 5.78 Å². The van der Waals surface area contributed by atoms with Gasteiger partial charge < -0.3 is 0 Å². The van der Waals surface area contributed by atoms with Crippen LogP contribution in [0.5, 0.6) is 0 Å². The maximum Gasteiger partial charge on any atom is 0.221 e. The van der Waals surface area contributed by atoms with E-state index in [1.54, 1.807) is 37.3 Å². The van der Waals surface area contributed by atoms with E-state index in [0.717, 1.165) is 0 Å². The molecule has 0 aliphatic rings. The molecule has 0 unspecified atom stereocenters. The SMILES string of the molecule is CC/C=C(\F)C(=O)c1ccccc1. The molecule has 68 valence electrons. The lowest BCUT2D eigenvalue weighted by atomic mass is 10.1. The number of carbonyl (C=O) groups excluding carboxylic acids is 1. The van der Waals surface area contributed by atoms with Gasteiger partial charge in [0.15, 0.2) is 5.83 Å². The summed E-state index contributed by atoms with van der Waals surface area (Å²) in [4.78, 5) is 11.3. The second-order valence-corrected chi connectivity index (χ2v) is 2.66. The van der Waals surface area contributed by atoms with Crippen molar-refractivity contribution in [3.05, 3.63) is 47.8 Å². The van der Waals surface area contributed by atoms with Crippen molar-refractivity contribution in [2.75, 3.05) is 0 Å². The number of carbonyl (C=O) groups is 1. The molecule has 1 rings (SSSR count). The highest BCUT2D eigenvalue weighted by atomic mass is 19.1. The zero-order valence-electron chi connectivity index (χ0n) is 7.46. The van der Waals surface area contributed by atoms with Crippen molar-refractivity contribution in [3.63, 3.8) is 0 Å². The largest absolute Gasteiger partial charge is 0.286 e. The molecule has 0 heterocycles. The van der Waals surface area contributed by atoms with Crippen LogP contribution in [0, 0.1) is 0 Å². The Labute approximate surface area is 76.9 Å². The molecule has 2 heteroatoms. The molecular formula is C11H11FO. The van der Waals surface area contributed by atoms with E-state index in [2.05, 4.69) is 0 Å². The Morgan fingerprint density at radius 3 is 2.54 bits per heavy atom. The summed E-state index contributed by atoms with van der Waals surface area (Å²) in [6, 6.07) is 8.42. The molecule has 0 aliphatic heterocycles. The number of halogens is 1. The Morgan fingerprint density at radius 2 is 2.00 bits per heavy atom. The molecular weight excluding hydrogens is 167 g/mol. The highest BCUT2D eigenvalue weighted by Gasteiger charge is 2.09. The second kappa shape index (κ2) is 4.55. The molecule has 0 radical (unpaired) electrons. The van der Waals surface area contributed by atoms with Crippen LogP contribution in [-0.2, 0) is 0 Å². The van der Waals surface area contributed by atoms with Crippen LogP contribution in [0.1, 0.15) is 23.7 Å². The van der Waals surface area contributed by atoms with E-state index in [1.165, 1.54) is 6.08 Å². The van der Waals surface area contributed by atoms with Crippen LogP contribution in [0.2, 0.25) is 0 Å². The van der Waals surface area contributed by atoms with Gasteiger partial charge in [-0.05, 0) is 12.5 Å². The van der Waals surface area contributed by atoms with Gasteiger partial charge in [0.2, 0.25) is 5.78 Å². The molecule has 0 saturated heterocycles. The van der Waals surface area contributed by atoms with Gasteiger partial charge in [-0.3, -0.25) is 4.79 Å². The first-order valence-electron chi connectivity index (χ1n) is 4.21. The molecule has 1 aromatic carbocycles. The Bertz CT molecular complexity index is 314. The molecule has 0 N–H and O–H groups in total. The van der Waals surface area contributed by atoms with E-state index in [1.807, 2.05) is 0 Å². The Kier molecular flexibility index (Phi) is 3.38. The van der Waals surface area contributed by atoms with Gasteiger partial charge in [-0.25, -0.2) is 4.39 Å². The molecule has 0 fully saturated rings. The summed E-state index contributed by atoms with van der Waals surface area (Å²) in [6.45, 7) is 1.79. The molecule has 0 aromatic heterocycles. The summed E-state index contributed by atoms with van der Waals surface area (Å²) in [6.07, 6.45) is 1.82. The molecule has 1 aromatic rings. The smallest absolute Gasteiger partial charge is 0.221 e. The molecule has 0 atom stereocenters. The Balaban J connectivity index is 2.86. The highest BCUT2D eigenvalue weighted by Crippen LogP contribution is 2.09. The van der Waals surface area contributed by atoms with Gasteiger partial charge in [0.1, 0.15) is 0 Å². The van der Waals surface area contributed by atoms with Crippen LogP contribution in [0.25, 0.3) is 0 Å². The van der Waals surface area contributed by atoms with Crippen LogP contribution >= 0.6 is 0 Å². The Morgan fingerprint density at radius 1 is 1.38 bits per heavy atom. The van der Waals surface area contributed by atoms with E-state index in [9.17, 15) is 9.18 Å². The van der Waals surface area contributed by atoms with Crippen molar-refractivity contribution in [2.45, 2.75) is 13.3 Å². The maximum absolute atomic E-state index is 13.0. The van der Waals surface area contributed by atoms with Crippen LogP contribution in [0.3, 0.4) is 0 Å². The predicted molar refractivity (Wildman–Crippen MR) is 50.3 cm³/mol. The van der Waals surface area contributed by atoms with E-state index < -0.39 is 11.6 Å². The lowest BCUT2D eigenvalue weighted by molar-refractivity contribution is 0.100. The fraction of sp³-hybridized carbons (Fsp3) is 0.182. The van der Waals surface area contributed by atoms with Gasteiger partial charge >= 0.3 is 0 Å². The number of Topliss-reactive ketones (excluding diaryl/α,β-unsaturated/α-hetero) is 1. The van der Waals surface area contributed by atoms with Gasteiger partial charge in [-0.2, -0.15) is 0 Å². The van der Waals surface area contributed by atoms with E-state index in [0.29, 0.717) is 12.0 Å². The number of rotatable bonds is 3. The third-order valence-electron chi connectivity index (χ3n) is 1.64. The average Bonchev–Trinajstić information content (AvgIpc) is 2.18. The van der Waals surface area contributed by atoms with Crippen LogP contribution in [0.15, 0.2) is 42.2 Å². The molecule has 0 saturated carbocycles. The zero-order valence-corrected chi connectivity index (χ0v) is 7.46. The Hall–Kier alpha value is -1.44. The minimum atomic E-state index is -0.672. The van der Waals surface area contributed by atoms with Gasteiger partial charge in [0.05, 0.1) is 0 Å². The van der Waals surface area contributed by atoms with Gasteiger partial charge in [-0.15, -0.1) is 0 Å². The van der Waals surface area contributed by atoms with Crippen molar-refractivity contribution >= 4 is 5.78 Å². The molecule has 0 bridgehead atoms. The lowest BCUT2D eigenvalue weighted by Gasteiger charge is -1.96. The number of ketones is 1. The number of hydrogen-bond donors (Lipinski definition) is 0. The third-order valence-corrected chi connectivity index (χ3v) is 1.64. The van der Waals surface area contributed by atoms with Gasteiger partial charge in [0, 0.05) is 5.56 Å². The average molecular weight is 178 g/mol. The minimum absolute atomic E-state index is 0.393. The monoisotopic (exact) mass is 178 g/mol. The second-order valence-electron chi connectivity index (χ2n) is 2.66. The molecule has 0 aliphatic carbocycles.